The van der Waals surface area contributed by atoms with E-state index >= 15 is 0 Å². The van der Waals surface area contributed by atoms with E-state index in [0.29, 0.717) is 11.6 Å². The highest BCUT2D eigenvalue weighted by Gasteiger charge is 2.36. The van der Waals surface area contributed by atoms with E-state index in [1.165, 1.54) is 32.4 Å². The highest BCUT2D eigenvalue weighted by atomic mass is 15.3. The molecule has 2 heteroatoms. The minimum Gasteiger partial charge on any atom is -0.311 e. The van der Waals surface area contributed by atoms with Crippen molar-refractivity contribution in [2.75, 3.05) is 19.6 Å². The van der Waals surface area contributed by atoms with Gasteiger partial charge < -0.3 is 5.32 Å². The van der Waals surface area contributed by atoms with Gasteiger partial charge in [-0.05, 0) is 44.6 Å². The van der Waals surface area contributed by atoms with Crippen LogP contribution in [-0.2, 0) is 0 Å². The van der Waals surface area contributed by atoms with E-state index in [0.717, 1.165) is 18.4 Å². The van der Waals surface area contributed by atoms with Gasteiger partial charge in [0.25, 0.3) is 0 Å². The molecule has 108 valence electrons. The molecule has 1 saturated heterocycles. The van der Waals surface area contributed by atoms with Crippen LogP contribution in [0.4, 0.5) is 0 Å². The van der Waals surface area contributed by atoms with Crippen molar-refractivity contribution < 1.29 is 0 Å². The van der Waals surface area contributed by atoms with Crippen LogP contribution in [0.15, 0.2) is 0 Å². The first-order valence-electron chi connectivity index (χ1n) is 7.87. The predicted molar refractivity (Wildman–Crippen MR) is 81.0 cm³/mol. The van der Waals surface area contributed by atoms with Crippen LogP contribution in [0.3, 0.4) is 0 Å². The second-order valence-electron chi connectivity index (χ2n) is 7.06. The molecule has 0 spiro atoms. The van der Waals surface area contributed by atoms with Gasteiger partial charge in [-0.25, -0.2) is 0 Å². The highest BCUT2D eigenvalue weighted by Crippen LogP contribution is 2.25. The molecule has 0 amide bonds. The molecule has 0 aromatic carbocycles. The minimum absolute atomic E-state index is 0.363. The van der Waals surface area contributed by atoms with Crippen LogP contribution < -0.4 is 5.32 Å². The Morgan fingerprint density at radius 2 is 1.94 bits per heavy atom. The fraction of sp³-hybridized carbons (Fsp3) is 1.00. The second-order valence-corrected chi connectivity index (χ2v) is 7.06. The van der Waals surface area contributed by atoms with Crippen molar-refractivity contribution in [1.29, 1.82) is 0 Å². The highest BCUT2D eigenvalue weighted by molar-refractivity contribution is 4.95. The van der Waals surface area contributed by atoms with Gasteiger partial charge in [0.15, 0.2) is 0 Å². The molecule has 1 fully saturated rings. The van der Waals surface area contributed by atoms with Crippen molar-refractivity contribution in [3.63, 3.8) is 0 Å². The van der Waals surface area contributed by atoms with E-state index in [-0.39, 0.29) is 0 Å². The molecule has 0 bridgehead atoms. The first-order valence-corrected chi connectivity index (χ1v) is 7.87. The van der Waals surface area contributed by atoms with E-state index < -0.39 is 0 Å². The lowest BCUT2D eigenvalue weighted by molar-refractivity contribution is 0.0366. The van der Waals surface area contributed by atoms with Crippen LogP contribution in [0.2, 0.25) is 0 Å². The van der Waals surface area contributed by atoms with Gasteiger partial charge >= 0.3 is 0 Å². The number of hydrogen-bond acceptors (Lipinski definition) is 2. The molecular formula is C16H34N2. The Balaban J connectivity index is 2.55. The SMILES string of the molecule is CCC1(C)CNC(C(C)C)CN1CCCC(C)C. The van der Waals surface area contributed by atoms with Gasteiger partial charge in [-0.1, -0.05) is 34.6 Å². The lowest BCUT2D eigenvalue weighted by atomic mass is 9.89. The zero-order chi connectivity index (χ0) is 13.8. The van der Waals surface area contributed by atoms with Crippen molar-refractivity contribution in [1.82, 2.24) is 10.2 Å². The minimum atomic E-state index is 0.363. The number of hydrogen-bond donors (Lipinski definition) is 1. The Kier molecular flexibility index (Phi) is 6.13. The normalized spacial score (nSPS) is 30.3. The standard InChI is InChI=1S/C16H34N2/c1-7-16(6)12-17-15(14(4)5)11-18(16)10-8-9-13(2)3/h13-15,17H,7-12H2,1-6H3. The average molecular weight is 254 g/mol. The zero-order valence-corrected chi connectivity index (χ0v) is 13.4. The Bertz CT molecular complexity index is 237. The summed E-state index contributed by atoms with van der Waals surface area (Å²) in [5, 5.41) is 3.75. The van der Waals surface area contributed by atoms with Crippen LogP contribution in [0.1, 0.15) is 60.8 Å². The van der Waals surface area contributed by atoms with Crippen LogP contribution in [-0.4, -0.2) is 36.1 Å². The van der Waals surface area contributed by atoms with Gasteiger partial charge in [0.2, 0.25) is 0 Å². The summed E-state index contributed by atoms with van der Waals surface area (Å²) >= 11 is 0. The summed E-state index contributed by atoms with van der Waals surface area (Å²) in [6.07, 6.45) is 3.95. The summed E-state index contributed by atoms with van der Waals surface area (Å²) in [4.78, 5) is 2.75. The second kappa shape index (κ2) is 6.91. The number of nitrogens with one attached hydrogen (secondary N) is 1. The Hall–Kier alpha value is -0.0800. The fourth-order valence-corrected chi connectivity index (χ4v) is 2.83. The van der Waals surface area contributed by atoms with Crippen LogP contribution in [0.5, 0.6) is 0 Å². The van der Waals surface area contributed by atoms with Gasteiger partial charge in [0.05, 0.1) is 0 Å². The molecule has 0 saturated carbocycles. The lowest BCUT2D eigenvalue weighted by Crippen LogP contribution is -2.64. The molecule has 1 heterocycles. The third-order valence-electron chi connectivity index (χ3n) is 4.70. The summed E-state index contributed by atoms with van der Waals surface area (Å²) in [6.45, 7) is 17.7. The predicted octanol–water partition coefficient (Wildman–Crippen LogP) is 3.52. The third-order valence-corrected chi connectivity index (χ3v) is 4.70. The molecule has 1 aliphatic rings. The Morgan fingerprint density at radius 1 is 1.28 bits per heavy atom. The molecule has 0 radical (unpaired) electrons. The van der Waals surface area contributed by atoms with E-state index in [1.54, 1.807) is 0 Å². The van der Waals surface area contributed by atoms with Gasteiger partial charge in [-0.3, -0.25) is 4.90 Å². The molecule has 1 rings (SSSR count). The fourth-order valence-electron chi connectivity index (χ4n) is 2.83. The summed E-state index contributed by atoms with van der Waals surface area (Å²) < 4.78 is 0. The Morgan fingerprint density at radius 3 is 2.44 bits per heavy atom. The number of rotatable bonds is 6. The summed E-state index contributed by atoms with van der Waals surface area (Å²) in [5.41, 5.74) is 0.363. The molecule has 1 aliphatic heterocycles. The molecular weight excluding hydrogens is 220 g/mol. The van der Waals surface area contributed by atoms with Crippen LogP contribution in [0, 0.1) is 11.8 Å². The van der Waals surface area contributed by atoms with Crippen LogP contribution in [0.25, 0.3) is 0 Å². The first kappa shape index (κ1) is 16.0. The van der Waals surface area contributed by atoms with E-state index in [4.69, 9.17) is 0 Å². The van der Waals surface area contributed by atoms with E-state index in [1.807, 2.05) is 0 Å². The largest absolute Gasteiger partial charge is 0.311 e. The molecule has 18 heavy (non-hydrogen) atoms. The maximum absolute atomic E-state index is 3.75. The Labute approximate surface area is 115 Å². The number of piperazine rings is 1. The van der Waals surface area contributed by atoms with Crippen molar-refractivity contribution in [3.8, 4) is 0 Å². The molecule has 1 N–H and O–H groups in total. The van der Waals surface area contributed by atoms with Gasteiger partial charge in [-0.15, -0.1) is 0 Å². The molecule has 0 aliphatic carbocycles. The summed E-state index contributed by atoms with van der Waals surface area (Å²) in [7, 11) is 0. The van der Waals surface area contributed by atoms with Crippen molar-refractivity contribution in [2.45, 2.75) is 72.4 Å². The molecule has 2 nitrogen and oxygen atoms in total. The molecule has 2 unspecified atom stereocenters. The van der Waals surface area contributed by atoms with E-state index in [9.17, 15) is 0 Å². The molecule has 0 aromatic rings. The molecule has 0 aromatic heterocycles. The third kappa shape index (κ3) is 4.24. The van der Waals surface area contributed by atoms with Gasteiger partial charge in [0.1, 0.15) is 0 Å². The lowest BCUT2D eigenvalue weighted by Gasteiger charge is -2.49. The van der Waals surface area contributed by atoms with Crippen molar-refractivity contribution in [2.24, 2.45) is 11.8 Å². The average Bonchev–Trinajstić information content (AvgIpc) is 2.30. The first-order chi connectivity index (χ1) is 8.39. The summed E-state index contributed by atoms with van der Waals surface area (Å²) in [6, 6.07) is 0.670. The maximum Gasteiger partial charge on any atom is 0.0303 e. The topological polar surface area (TPSA) is 15.3 Å². The van der Waals surface area contributed by atoms with Crippen molar-refractivity contribution in [3.05, 3.63) is 0 Å². The number of nitrogens with zero attached hydrogens (tertiary/aromatic N) is 1. The quantitative estimate of drug-likeness (QED) is 0.780. The summed E-state index contributed by atoms with van der Waals surface area (Å²) in [5.74, 6) is 1.57. The zero-order valence-electron chi connectivity index (χ0n) is 13.4. The molecule has 2 atom stereocenters. The van der Waals surface area contributed by atoms with Crippen molar-refractivity contribution >= 4 is 0 Å². The van der Waals surface area contributed by atoms with Gasteiger partial charge in [0, 0.05) is 24.7 Å². The monoisotopic (exact) mass is 254 g/mol. The van der Waals surface area contributed by atoms with E-state index in [2.05, 4.69) is 51.8 Å². The smallest absolute Gasteiger partial charge is 0.0303 e. The van der Waals surface area contributed by atoms with Gasteiger partial charge in [-0.2, -0.15) is 0 Å². The van der Waals surface area contributed by atoms with Crippen LogP contribution >= 0.6 is 0 Å². The maximum atomic E-state index is 3.75.